The highest BCUT2D eigenvalue weighted by Crippen LogP contribution is 2.51. The summed E-state index contributed by atoms with van der Waals surface area (Å²) in [5.41, 5.74) is 6.78. The van der Waals surface area contributed by atoms with Crippen molar-refractivity contribution < 1.29 is 9.13 Å². The van der Waals surface area contributed by atoms with Crippen molar-refractivity contribution in [2.75, 3.05) is 6.54 Å². The summed E-state index contributed by atoms with van der Waals surface area (Å²) in [6.45, 7) is 0.581. The average Bonchev–Trinajstić information content (AvgIpc) is 3.05. The molecule has 3 heteroatoms. The Bertz CT molecular complexity index is 424. The van der Waals surface area contributed by atoms with Gasteiger partial charge in [-0.2, -0.15) is 0 Å². The van der Waals surface area contributed by atoms with Crippen LogP contribution in [0.2, 0.25) is 0 Å². The van der Waals surface area contributed by atoms with Crippen molar-refractivity contribution in [1.29, 1.82) is 0 Å². The maximum absolute atomic E-state index is 13.4. The van der Waals surface area contributed by atoms with Crippen LogP contribution in [-0.2, 0) is 5.41 Å². The fourth-order valence-corrected chi connectivity index (χ4v) is 2.42. The van der Waals surface area contributed by atoms with E-state index in [1.807, 2.05) is 0 Å². The van der Waals surface area contributed by atoms with E-state index >= 15 is 0 Å². The van der Waals surface area contributed by atoms with Crippen LogP contribution in [0.1, 0.15) is 37.7 Å². The minimum atomic E-state index is -0.194. The number of ether oxygens (including phenoxy) is 1. The standard InChI is InChI=1S/C14H18FNO/c15-10-4-5-13(17-11-2-1-3-11)12(8-10)14(9-16)6-7-14/h4-5,8,11H,1-3,6-7,9,16H2. The highest BCUT2D eigenvalue weighted by atomic mass is 19.1. The maximum Gasteiger partial charge on any atom is 0.123 e. The molecule has 17 heavy (non-hydrogen) atoms. The van der Waals surface area contributed by atoms with Crippen molar-refractivity contribution in [2.24, 2.45) is 5.73 Å². The second-order valence-electron chi connectivity index (χ2n) is 5.30. The molecule has 0 heterocycles. The third kappa shape index (κ3) is 1.93. The van der Waals surface area contributed by atoms with Crippen molar-refractivity contribution in [2.45, 2.75) is 43.6 Å². The van der Waals surface area contributed by atoms with Crippen LogP contribution in [0.5, 0.6) is 5.75 Å². The summed E-state index contributed by atoms with van der Waals surface area (Å²) in [7, 11) is 0. The Hall–Kier alpha value is -1.09. The van der Waals surface area contributed by atoms with Gasteiger partial charge < -0.3 is 10.5 Å². The molecule has 0 saturated heterocycles. The molecule has 2 fully saturated rings. The van der Waals surface area contributed by atoms with E-state index in [2.05, 4.69) is 0 Å². The largest absolute Gasteiger partial charge is 0.490 e. The number of halogens is 1. The van der Waals surface area contributed by atoms with E-state index in [0.29, 0.717) is 12.6 Å². The third-order valence-corrected chi connectivity index (χ3v) is 4.10. The van der Waals surface area contributed by atoms with E-state index in [9.17, 15) is 4.39 Å². The van der Waals surface area contributed by atoms with E-state index in [0.717, 1.165) is 37.0 Å². The third-order valence-electron chi connectivity index (χ3n) is 4.10. The number of hydrogen-bond donors (Lipinski definition) is 1. The zero-order valence-corrected chi connectivity index (χ0v) is 9.92. The van der Waals surface area contributed by atoms with Crippen LogP contribution < -0.4 is 10.5 Å². The molecule has 1 aromatic rings. The minimum Gasteiger partial charge on any atom is -0.490 e. The van der Waals surface area contributed by atoms with Crippen molar-refractivity contribution in [1.82, 2.24) is 0 Å². The van der Waals surface area contributed by atoms with Crippen LogP contribution in [0, 0.1) is 5.82 Å². The summed E-state index contributed by atoms with van der Waals surface area (Å²) in [4.78, 5) is 0. The van der Waals surface area contributed by atoms with Crippen LogP contribution in [-0.4, -0.2) is 12.6 Å². The molecule has 0 spiro atoms. The van der Waals surface area contributed by atoms with Gasteiger partial charge in [0.2, 0.25) is 0 Å². The molecule has 2 nitrogen and oxygen atoms in total. The molecule has 0 aliphatic heterocycles. The lowest BCUT2D eigenvalue weighted by atomic mass is 9.93. The Kier molecular flexibility index (Phi) is 2.58. The fourth-order valence-electron chi connectivity index (χ4n) is 2.42. The van der Waals surface area contributed by atoms with Crippen LogP contribution in [0.25, 0.3) is 0 Å². The second kappa shape index (κ2) is 3.98. The first-order chi connectivity index (χ1) is 8.23. The zero-order chi connectivity index (χ0) is 11.9. The van der Waals surface area contributed by atoms with Crippen molar-refractivity contribution in [3.05, 3.63) is 29.6 Å². The quantitative estimate of drug-likeness (QED) is 0.871. The van der Waals surface area contributed by atoms with E-state index in [4.69, 9.17) is 10.5 Å². The predicted molar refractivity (Wildman–Crippen MR) is 64.6 cm³/mol. The Balaban J connectivity index is 1.90. The van der Waals surface area contributed by atoms with Gasteiger partial charge in [-0.05, 0) is 50.3 Å². The van der Waals surface area contributed by atoms with Crippen molar-refractivity contribution in [3.8, 4) is 5.75 Å². The maximum atomic E-state index is 13.4. The molecule has 3 rings (SSSR count). The van der Waals surface area contributed by atoms with Gasteiger partial charge in [0.05, 0.1) is 6.10 Å². The summed E-state index contributed by atoms with van der Waals surface area (Å²) in [6.07, 6.45) is 5.90. The number of hydrogen-bond acceptors (Lipinski definition) is 2. The molecular formula is C14H18FNO. The second-order valence-corrected chi connectivity index (χ2v) is 5.30. The summed E-state index contributed by atoms with van der Waals surface area (Å²) >= 11 is 0. The van der Waals surface area contributed by atoms with Gasteiger partial charge in [-0.15, -0.1) is 0 Å². The smallest absolute Gasteiger partial charge is 0.123 e. The molecule has 2 aliphatic rings. The number of benzene rings is 1. The summed E-state index contributed by atoms with van der Waals surface area (Å²) in [5, 5.41) is 0. The van der Waals surface area contributed by atoms with Gasteiger partial charge in [0, 0.05) is 17.5 Å². The monoisotopic (exact) mass is 235 g/mol. The molecule has 2 saturated carbocycles. The fraction of sp³-hybridized carbons (Fsp3) is 0.571. The van der Waals surface area contributed by atoms with Gasteiger partial charge in [0.15, 0.2) is 0 Å². The summed E-state index contributed by atoms with van der Waals surface area (Å²) in [6, 6.07) is 4.84. The Morgan fingerprint density at radius 1 is 1.35 bits per heavy atom. The van der Waals surface area contributed by atoms with Crippen LogP contribution in [0.3, 0.4) is 0 Å². The average molecular weight is 235 g/mol. The Labute approximate surface area is 101 Å². The summed E-state index contributed by atoms with van der Waals surface area (Å²) < 4.78 is 19.3. The first-order valence-electron chi connectivity index (χ1n) is 6.40. The molecule has 0 unspecified atom stereocenters. The van der Waals surface area contributed by atoms with Crippen LogP contribution in [0.4, 0.5) is 4.39 Å². The number of nitrogens with two attached hydrogens (primary N) is 1. The highest BCUT2D eigenvalue weighted by Gasteiger charge is 2.45. The Morgan fingerprint density at radius 2 is 2.12 bits per heavy atom. The lowest BCUT2D eigenvalue weighted by Crippen LogP contribution is -2.27. The molecule has 1 aromatic carbocycles. The van der Waals surface area contributed by atoms with Gasteiger partial charge in [-0.25, -0.2) is 4.39 Å². The van der Waals surface area contributed by atoms with E-state index < -0.39 is 0 Å². The molecule has 0 atom stereocenters. The lowest BCUT2D eigenvalue weighted by molar-refractivity contribution is 0.118. The minimum absolute atomic E-state index is 0.0127. The first kappa shape index (κ1) is 11.0. The molecule has 92 valence electrons. The highest BCUT2D eigenvalue weighted by molar-refractivity contribution is 5.44. The molecule has 0 bridgehead atoms. The molecule has 0 amide bonds. The van der Waals surface area contributed by atoms with E-state index in [1.54, 1.807) is 12.1 Å². The normalized spacial score (nSPS) is 22.0. The van der Waals surface area contributed by atoms with Gasteiger partial charge in [0.25, 0.3) is 0 Å². The Morgan fingerprint density at radius 3 is 2.65 bits per heavy atom. The van der Waals surface area contributed by atoms with E-state index in [-0.39, 0.29) is 11.2 Å². The lowest BCUT2D eigenvalue weighted by Gasteiger charge is -2.29. The van der Waals surface area contributed by atoms with Gasteiger partial charge in [-0.1, -0.05) is 0 Å². The van der Waals surface area contributed by atoms with Crippen LogP contribution >= 0.6 is 0 Å². The first-order valence-corrected chi connectivity index (χ1v) is 6.40. The molecule has 2 aliphatic carbocycles. The number of rotatable bonds is 4. The SMILES string of the molecule is NCC1(c2cc(F)ccc2OC2CCC2)CC1. The van der Waals surface area contributed by atoms with Crippen molar-refractivity contribution >= 4 is 0 Å². The molecule has 0 radical (unpaired) electrons. The summed E-state index contributed by atoms with van der Waals surface area (Å²) in [5.74, 6) is 0.653. The molecule has 0 aromatic heterocycles. The predicted octanol–water partition coefficient (Wildman–Crippen LogP) is 2.75. The zero-order valence-electron chi connectivity index (χ0n) is 9.92. The van der Waals surface area contributed by atoms with Crippen LogP contribution in [0.15, 0.2) is 18.2 Å². The van der Waals surface area contributed by atoms with Gasteiger partial charge in [0.1, 0.15) is 11.6 Å². The molecular weight excluding hydrogens is 217 g/mol. The van der Waals surface area contributed by atoms with E-state index in [1.165, 1.54) is 12.5 Å². The van der Waals surface area contributed by atoms with Gasteiger partial charge >= 0.3 is 0 Å². The van der Waals surface area contributed by atoms with Crippen molar-refractivity contribution in [3.63, 3.8) is 0 Å². The topological polar surface area (TPSA) is 35.2 Å². The molecule has 2 N–H and O–H groups in total. The van der Waals surface area contributed by atoms with Gasteiger partial charge in [-0.3, -0.25) is 0 Å².